The van der Waals surface area contributed by atoms with E-state index in [1.807, 2.05) is 6.07 Å². The van der Waals surface area contributed by atoms with Gasteiger partial charge < -0.3 is 9.80 Å². The zero-order chi connectivity index (χ0) is 15.8. The lowest BCUT2D eigenvalue weighted by Crippen LogP contribution is -2.50. The number of rotatable bonds is 2. The van der Waals surface area contributed by atoms with Crippen LogP contribution in [-0.2, 0) is 4.79 Å². The maximum absolute atomic E-state index is 12.5. The Hall–Kier alpha value is -1.14. The van der Waals surface area contributed by atoms with E-state index in [4.69, 9.17) is 4.98 Å². The molecule has 2 aliphatic rings. The average Bonchev–Trinajstić information content (AvgIpc) is 3.23. The Kier molecular flexibility index (Phi) is 4.28. The van der Waals surface area contributed by atoms with Gasteiger partial charge in [-0.3, -0.25) is 4.79 Å². The van der Waals surface area contributed by atoms with Crippen molar-refractivity contribution in [3.05, 3.63) is 22.7 Å². The molecule has 23 heavy (non-hydrogen) atoms. The van der Waals surface area contributed by atoms with Crippen LogP contribution in [0.25, 0.3) is 10.2 Å². The van der Waals surface area contributed by atoms with Gasteiger partial charge in [0.2, 0.25) is 5.91 Å². The predicted molar refractivity (Wildman–Crippen MR) is 98.1 cm³/mol. The van der Waals surface area contributed by atoms with Gasteiger partial charge in [-0.2, -0.15) is 0 Å². The number of carbonyl (C=O) groups is 1. The third-order valence-corrected chi connectivity index (χ3v) is 6.48. The fraction of sp³-hybridized carbons (Fsp3) is 0.529. The molecule has 1 saturated carbocycles. The number of nitrogens with zero attached hydrogens (tertiary/aromatic N) is 3. The number of halogens is 1. The summed E-state index contributed by atoms with van der Waals surface area (Å²) in [7, 11) is 0. The third kappa shape index (κ3) is 3.11. The Labute approximate surface area is 148 Å². The van der Waals surface area contributed by atoms with Crippen molar-refractivity contribution in [3.63, 3.8) is 0 Å². The normalized spacial score (nSPS) is 19.7. The molecule has 122 valence electrons. The molecule has 1 amide bonds. The minimum atomic E-state index is 0.293. The van der Waals surface area contributed by atoms with Gasteiger partial charge in [-0.05, 0) is 31.0 Å². The van der Waals surface area contributed by atoms with Gasteiger partial charge in [-0.15, -0.1) is 0 Å². The van der Waals surface area contributed by atoms with Crippen LogP contribution >= 0.6 is 27.3 Å². The van der Waals surface area contributed by atoms with Crippen LogP contribution in [0.15, 0.2) is 22.7 Å². The van der Waals surface area contributed by atoms with Gasteiger partial charge in [0.15, 0.2) is 5.13 Å². The second-order valence-corrected chi connectivity index (χ2v) is 8.33. The van der Waals surface area contributed by atoms with Crippen molar-refractivity contribution >= 4 is 48.5 Å². The molecule has 2 heterocycles. The minimum Gasteiger partial charge on any atom is -0.345 e. The van der Waals surface area contributed by atoms with E-state index in [2.05, 4.69) is 37.9 Å². The first-order valence-corrected chi connectivity index (χ1v) is 9.91. The van der Waals surface area contributed by atoms with E-state index in [1.165, 1.54) is 17.5 Å². The molecule has 1 aromatic heterocycles. The molecule has 4 nitrogen and oxygen atoms in total. The van der Waals surface area contributed by atoms with Gasteiger partial charge in [-0.1, -0.05) is 40.1 Å². The molecule has 0 spiro atoms. The maximum Gasteiger partial charge on any atom is 0.225 e. The molecule has 2 fully saturated rings. The lowest BCUT2D eigenvalue weighted by Gasteiger charge is -2.35. The van der Waals surface area contributed by atoms with Crippen LogP contribution in [0.3, 0.4) is 0 Å². The molecule has 0 radical (unpaired) electrons. The standard InChI is InChI=1S/C17H20BrN3OS/c18-13-5-6-14-15(11-13)23-17(19-14)21-9-7-20(8-10-21)16(22)12-3-1-2-4-12/h5-6,11-12H,1-4,7-10H2. The van der Waals surface area contributed by atoms with Crippen molar-refractivity contribution in [2.75, 3.05) is 31.1 Å². The summed E-state index contributed by atoms with van der Waals surface area (Å²) in [5.74, 6) is 0.678. The predicted octanol–water partition coefficient (Wildman–Crippen LogP) is 3.90. The van der Waals surface area contributed by atoms with E-state index in [-0.39, 0.29) is 0 Å². The summed E-state index contributed by atoms with van der Waals surface area (Å²) in [4.78, 5) is 21.6. The summed E-state index contributed by atoms with van der Waals surface area (Å²) >= 11 is 5.25. The maximum atomic E-state index is 12.5. The topological polar surface area (TPSA) is 36.4 Å². The van der Waals surface area contributed by atoms with Crippen molar-refractivity contribution in [2.24, 2.45) is 5.92 Å². The van der Waals surface area contributed by atoms with E-state index in [9.17, 15) is 4.79 Å². The van der Waals surface area contributed by atoms with Crippen LogP contribution in [0.4, 0.5) is 5.13 Å². The first-order valence-electron chi connectivity index (χ1n) is 8.30. The number of fused-ring (bicyclic) bond motifs is 1. The number of piperazine rings is 1. The quantitative estimate of drug-likeness (QED) is 0.775. The molecule has 0 unspecified atom stereocenters. The number of amides is 1. The highest BCUT2D eigenvalue weighted by atomic mass is 79.9. The zero-order valence-corrected chi connectivity index (χ0v) is 15.4. The molecule has 1 saturated heterocycles. The Bertz CT molecular complexity index is 718. The third-order valence-electron chi connectivity index (χ3n) is 4.91. The molecule has 1 aliphatic carbocycles. The average molecular weight is 394 g/mol. The van der Waals surface area contributed by atoms with Crippen molar-refractivity contribution < 1.29 is 4.79 Å². The van der Waals surface area contributed by atoms with E-state index in [0.29, 0.717) is 11.8 Å². The van der Waals surface area contributed by atoms with E-state index in [1.54, 1.807) is 11.3 Å². The van der Waals surface area contributed by atoms with Gasteiger partial charge >= 0.3 is 0 Å². The molecule has 4 rings (SSSR count). The molecule has 6 heteroatoms. The van der Waals surface area contributed by atoms with E-state index < -0.39 is 0 Å². The monoisotopic (exact) mass is 393 g/mol. The van der Waals surface area contributed by atoms with Gasteiger partial charge in [0.1, 0.15) is 0 Å². The SMILES string of the molecule is O=C(C1CCCC1)N1CCN(c2nc3ccc(Br)cc3s2)CC1. The van der Waals surface area contributed by atoms with Crippen molar-refractivity contribution in [2.45, 2.75) is 25.7 Å². The number of anilines is 1. The Morgan fingerprint density at radius 1 is 1.17 bits per heavy atom. The molecular weight excluding hydrogens is 374 g/mol. The Morgan fingerprint density at radius 2 is 1.91 bits per heavy atom. The molecule has 0 atom stereocenters. The van der Waals surface area contributed by atoms with Crippen LogP contribution < -0.4 is 4.90 Å². The van der Waals surface area contributed by atoms with Crippen molar-refractivity contribution in [3.8, 4) is 0 Å². The Morgan fingerprint density at radius 3 is 2.65 bits per heavy atom. The van der Waals surface area contributed by atoms with Gasteiger partial charge in [0.25, 0.3) is 0 Å². The largest absolute Gasteiger partial charge is 0.345 e. The van der Waals surface area contributed by atoms with Crippen LogP contribution in [0.5, 0.6) is 0 Å². The van der Waals surface area contributed by atoms with Gasteiger partial charge in [-0.25, -0.2) is 4.98 Å². The van der Waals surface area contributed by atoms with Crippen molar-refractivity contribution in [1.29, 1.82) is 0 Å². The van der Waals surface area contributed by atoms with E-state index in [0.717, 1.165) is 54.1 Å². The molecule has 1 aliphatic heterocycles. The van der Waals surface area contributed by atoms with Crippen LogP contribution in [0, 0.1) is 5.92 Å². The van der Waals surface area contributed by atoms with Gasteiger partial charge in [0, 0.05) is 36.6 Å². The highest BCUT2D eigenvalue weighted by molar-refractivity contribution is 9.10. The first-order chi connectivity index (χ1) is 11.2. The van der Waals surface area contributed by atoms with Crippen LogP contribution in [-0.4, -0.2) is 42.0 Å². The molecule has 2 aromatic rings. The number of hydrogen-bond donors (Lipinski definition) is 0. The second-order valence-electron chi connectivity index (χ2n) is 6.40. The van der Waals surface area contributed by atoms with Gasteiger partial charge in [0.05, 0.1) is 10.2 Å². The number of carbonyl (C=O) groups excluding carboxylic acids is 1. The molecule has 0 N–H and O–H groups in total. The van der Waals surface area contributed by atoms with Crippen LogP contribution in [0.2, 0.25) is 0 Å². The van der Waals surface area contributed by atoms with Crippen molar-refractivity contribution in [1.82, 2.24) is 9.88 Å². The highest BCUT2D eigenvalue weighted by Gasteiger charge is 2.29. The molecular formula is C17H20BrN3OS. The summed E-state index contributed by atoms with van der Waals surface area (Å²) in [6.07, 6.45) is 4.62. The summed E-state index contributed by atoms with van der Waals surface area (Å²) in [5, 5.41) is 1.08. The fourth-order valence-electron chi connectivity index (χ4n) is 3.57. The lowest BCUT2D eigenvalue weighted by atomic mass is 10.1. The summed E-state index contributed by atoms with van der Waals surface area (Å²) in [5.41, 5.74) is 1.05. The highest BCUT2D eigenvalue weighted by Crippen LogP contribution is 2.32. The first kappa shape index (κ1) is 15.4. The second kappa shape index (κ2) is 6.40. The smallest absolute Gasteiger partial charge is 0.225 e. The number of aromatic nitrogens is 1. The number of hydrogen-bond acceptors (Lipinski definition) is 4. The summed E-state index contributed by atoms with van der Waals surface area (Å²) < 4.78 is 2.30. The zero-order valence-electron chi connectivity index (χ0n) is 13.0. The minimum absolute atomic E-state index is 0.293. The number of thiazole rings is 1. The molecule has 1 aromatic carbocycles. The fourth-order valence-corrected chi connectivity index (χ4v) is 5.14. The van der Waals surface area contributed by atoms with Crippen LogP contribution in [0.1, 0.15) is 25.7 Å². The summed E-state index contributed by atoms with van der Waals surface area (Å²) in [6.45, 7) is 3.43. The molecule has 0 bridgehead atoms. The van der Waals surface area contributed by atoms with E-state index >= 15 is 0 Å². The number of benzene rings is 1. The lowest BCUT2D eigenvalue weighted by molar-refractivity contribution is -0.135. The Balaban J connectivity index is 1.43. The summed E-state index contributed by atoms with van der Waals surface area (Å²) in [6, 6.07) is 6.21.